The summed E-state index contributed by atoms with van der Waals surface area (Å²) in [6, 6.07) is 3.43. The van der Waals surface area contributed by atoms with Crippen molar-refractivity contribution in [1.29, 1.82) is 0 Å². The van der Waals surface area contributed by atoms with Crippen LogP contribution >= 0.6 is 15.9 Å². The number of benzene rings is 1. The molecule has 1 saturated heterocycles. The summed E-state index contributed by atoms with van der Waals surface area (Å²) in [4.78, 5) is 16.0. The first kappa shape index (κ1) is 22.8. The molecule has 0 radical (unpaired) electrons. The molecule has 1 aromatic rings. The Labute approximate surface area is 171 Å². The Morgan fingerprint density at radius 1 is 1.25 bits per heavy atom. The Kier molecular flexibility index (Phi) is 7.25. The summed E-state index contributed by atoms with van der Waals surface area (Å²) in [7, 11) is 0. The third-order valence-electron chi connectivity index (χ3n) is 4.31. The molecule has 158 valence electrons. The molecule has 0 aromatic heterocycles. The van der Waals surface area contributed by atoms with Gasteiger partial charge in [0.2, 0.25) is 0 Å². The van der Waals surface area contributed by atoms with E-state index in [0.717, 1.165) is 12.1 Å². The monoisotopic (exact) mass is 466 g/mol. The minimum atomic E-state index is -4.41. The van der Waals surface area contributed by atoms with Crippen LogP contribution < -0.4 is 4.74 Å². The van der Waals surface area contributed by atoms with Crippen molar-refractivity contribution in [1.82, 2.24) is 9.80 Å². The van der Waals surface area contributed by atoms with E-state index in [1.807, 2.05) is 27.7 Å². The number of halogens is 4. The molecule has 5 nitrogen and oxygen atoms in total. The topological polar surface area (TPSA) is 42.0 Å². The maximum atomic E-state index is 12.8. The molecule has 1 unspecified atom stereocenters. The lowest BCUT2D eigenvalue weighted by Gasteiger charge is -2.40. The summed E-state index contributed by atoms with van der Waals surface area (Å²) in [6.45, 7) is 9.98. The Bertz CT molecular complexity index is 692. The number of carbonyl (C=O) groups is 1. The third-order valence-corrected chi connectivity index (χ3v) is 4.97. The normalized spacial score (nSPS) is 18.9. The van der Waals surface area contributed by atoms with Gasteiger partial charge < -0.3 is 14.4 Å². The first-order chi connectivity index (χ1) is 12.9. The fourth-order valence-corrected chi connectivity index (χ4v) is 3.24. The number of carbonyl (C=O) groups excluding carboxylic acids is 1. The largest absolute Gasteiger partial charge is 0.491 e. The van der Waals surface area contributed by atoms with E-state index >= 15 is 0 Å². The minimum Gasteiger partial charge on any atom is -0.491 e. The summed E-state index contributed by atoms with van der Waals surface area (Å²) in [5.41, 5.74) is -1.28. The lowest BCUT2D eigenvalue weighted by molar-refractivity contribution is -0.137. The van der Waals surface area contributed by atoms with Crippen LogP contribution in [0.25, 0.3) is 0 Å². The highest BCUT2D eigenvalue weighted by Gasteiger charge is 2.32. The number of rotatable bonds is 4. The van der Waals surface area contributed by atoms with Gasteiger partial charge in [0.15, 0.2) is 0 Å². The summed E-state index contributed by atoms with van der Waals surface area (Å²) >= 11 is 3.22. The van der Waals surface area contributed by atoms with Crippen LogP contribution in [0, 0.1) is 0 Å². The van der Waals surface area contributed by atoms with Crippen molar-refractivity contribution >= 4 is 22.0 Å². The van der Waals surface area contributed by atoms with Crippen molar-refractivity contribution < 1.29 is 27.4 Å². The molecule has 9 heteroatoms. The second-order valence-electron chi connectivity index (χ2n) is 7.80. The van der Waals surface area contributed by atoms with E-state index < -0.39 is 17.3 Å². The lowest BCUT2D eigenvalue weighted by Crippen LogP contribution is -2.55. The van der Waals surface area contributed by atoms with Crippen LogP contribution in [0.3, 0.4) is 0 Å². The fraction of sp³-hybridized carbons (Fsp3) is 0.632. The van der Waals surface area contributed by atoms with Crippen molar-refractivity contribution in [3.63, 3.8) is 0 Å². The molecule has 0 spiro atoms. The van der Waals surface area contributed by atoms with Gasteiger partial charge in [0, 0.05) is 32.2 Å². The molecule has 28 heavy (non-hydrogen) atoms. The number of nitrogens with zero attached hydrogens (tertiary/aromatic N) is 2. The number of hydrogen-bond donors (Lipinski definition) is 0. The Morgan fingerprint density at radius 3 is 2.50 bits per heavy atom. The third kappa shape index (κ3) is 6.55. The zero-order chi connectivity index (χ0) is 21.1. The van der Waals surface area contributed by atoms with Crippen molar-refractivity contribution in [2.75, 3.05) is 32.8 Å². The lowest BCUT2D eigenvalue weighted by atomic mass is 10.2. The molecule has 1 atom stereocenters. The van der Waals surface area contributed by atoms with Gasteiger partial charge >= 0.3 is 12.3 Å². The molecule has 1 aliphatic rings. The van der Waals surface area contributed by atoms with E-state index in [2.05, 4.69) is 20.8 Å². The number of ether oxygens (including phenoxy) is 2. The zero-order valence-corrected chi connectivity index (χ0v) is 18.1. The van der Waals surface area contributed by atoms with Crippen LogP contribution in [-0.2, 0) is 10.9 Å². The summed E-state index contributed by atoms with van der Waals surface area (Å²) in [5, 5.41) is 0. The average Bonchev–Trinajstić information content (AvgIpc) is 2.55. The summed E-state index contributed by atoms with van der Waals surface area (Å²) < 4.78 is 50.0. The molecular formula is C19H26BrF3N2O3. The highest BCUT2D eigenvalue weighted by molar-refractivity contribution is 9.10. The van der Waals surface area contributed by atoms with Gasteiger partial charge in [0.1, 0.15) is 18.0 Å². The molecule has 0 bridgehead atoms. The predicted octanol–water partition coefficient (Wildman–Crippen LogP) is 4.79. The quantitative estimate of drug-likeness (QED) is 0.639. The van der Waals surface area contributed by atoms with Crippen LogP contribution in [0.4, 0.5) is 18.0 Å². The standard InChI is InChI=1S/C19H26BrF3N2O3/c1-13-12-25(17(26)28-18(2,3)4)8-7-24(13)9-10-27-16-11-14(19(21,22)23)5-6-15(16)20/h5-6,11,13H,7-10,12H2,1-4H3. The maximum absolute atomic E-state index is 12.8. The van der Waals surface area contributed by atoms with E-state index in [1.165, 1.54) is 6.07 Å². The van der Waals surface area contributed by atoms with Crippen molar-refractivity contribution in [2.24, 2.45) is 0 Å². The minimum absolute atomic E-state index is 0.0924. The van der Waals surface area contributed by atoms with E-state index in [-0.39, 0.29) is 24.5 Å². The van der Waals surface area contributed by atoms with Gasteiger partial charge in [-0.1, -0.05) is 0 Å². The number of alkyl halides is 3. The zero-order valence-electron chi connectivity index (χ0n) is 16.5. The van der Waals surface area contributed by atoms with Crippen LogP contribution in [0.15, 0.2) is 22.7 Å². The first-order valence-electron chi connectivity index (χ1n) is 9.08. The fourth-order valence-electron chi connectivity index (χ4n) is 2.88. The van der Waals surface area contributed by atoms with Gasteiger partial charge in [0.05, 0.1) is 10.0 Å². The van der Waals surface area contributed by atoms with Gasteiger partial charge in [-0.15, -0.1) is 0 Å². The molecule has 0 saturated carbocycles. The SMILES string of the molecule is CC1CN(C(=O)OC(C)(C)C)CCN1CCOc1cc(C(F)(F)F)ccc1Br. The summed E-state index contributed by atoms with van der Waals surface area (Å²) in [5.74, 6) is 0.162. The molecule has 0 N–H and O–H groups in total. The van der Waals surface area contributed by atoms with Crippen LogP contribution in [0.2, 0.25) is 0 Å². The molecule has 1 fully saturated rings. The smallest absolute Gasteiger partial charge is 0.416 e. The van der Waals surface area contributed by atoms with Crippen LogP contribution in [0.1, 0.15) is 33.3 Å². The number of amides is 1. The van der Waals surface area contributed by atoms with Gasteiger partial charge in [0.25, 0.3) is 0 Å². The molecule has 2 rings (SSSR count). The predicted molar refractivity (Wildman–Crippen MR) is 103 cm³/mol. The van der Waals surface area contributed by atoms with Crippen LogP contribution in [-0.4, -0.2) is 60.3 Å². The Hall–Kier alpha value is -1.48. The summed E-state index contributed by atoms with van der Waals surface area (Å²) in [6.07, 6.45) is -4.74. The van der Waals surface area contributed by atoms with Crippen molar-refractivity contribution in [3.8, 4) is 5.75 Å². The van der Waals surface area contributed by atoms with Crippen molar-refractivity contribution in [3.05, 3.63) is 28.2 Å². The average molecular weight is 467 g/mol. The molecule has 1 aliphatic heterocycles. The first-order valence-corrected chi connectivity index (χ1v) is 9.87. The second-order valence-corrected chi connectivity index (χ2v) is 8.66. The molecule has 1 aromatic carbocycles. The van der Waals surface area contributed by atoms with E-state index in [1.54, 1.807) is 4.90 Å². The number of piperazine rings is 1. The molecular weight excluding hydrogens is 441 g/mol. The highest BCUT2D eigenvalue weighted by Crippen LogP contribution is 2.35. The molecule has 1 heterocycles. The Balaban J connectivity index is 1.86. The molecule has 0 aliphatic carbocycles. The van der Waals surface area contributed by atoms with Gasteiger partial charge in [-0.3, -0.25) is 4.90 Å². The van der Waals surface area contributed by atoms with E-state index in [9.17, 15) is 18.0 Å². The van der Waals surface area contributed by atoms with Gasteiger partial charge in [-0.05, 0) is 61.8 Å². The highest BCUT2D eigenvalue weighted by atomic mass is 79.9. The molecule has 1 amide bonds. The Morgan fingerprint density at radius 2 is 1.93 bits per heavy atom. The van der Waals surface area contributed by atoms with Crippen LogP contribution in [0.5, 0.6) is 5.75 Å². The van der Waals surface area contributed by atoms with E-state index in [4.69, 9.17) is 9.47 Å². The van der Waals surface area contributed by atoms with Gasteiger partial charge in [-0.25, -0.2) is 4.79 Å². The van der Waals surface area contributed by atoms with E-state index in [0.29, 0.717) is 30.7 Å². The second kappa shape index (κ2) is 8.90. The number of hydrogen-bond acceptors (Lipinski definition) is 4. The maximum Gasteiger partial charge on any atom is 0.416 e. The van der Waals surface area contributed by atoms with Gasteiger partial charge in [-0.2, -0.15) is 13.2 Å². The van der Waals surface area contributed by atoms with Crippen molar-refractivity contribution in [2.45, 2.75) is 45.5 Å².